The Morgan fingerprint density at radius 1 is 1.22 bits per heavy atom. The highest BCUT2D eigenvalue weighted by atomic mass is 16.5. The fraction of sp³-hybridized carbons (Fsp3) is 0.154. The molecule has 0 spiro atoms. The van der Waals surface area contributed by atoms with Crippen LogP contribution in [0.15, 0.2) is 41.2 Å². The van der Waals surface area contributed by atoms with E-state index in [1.54, 1.807) is 6.33 Å². The first kappa shape index (κ1) is 10.7. The number of hydrogen-bond donors (Lipinski definition) is 1. The number of aromatic nitrogens is 3. The van der Waals surface area contributed by atoms with Gasteiger partial charge in [0.1, 0.15) is 23.6 Å². The van der Waals surface area contributed by atoms with E-state index in [9.17, 15) is 0 Å². The van der Waals surface area contributed by atoms with E-state index in [1.807, 2.05) is 37.3 Å². The summed E-state index contributed by atoms with van der Waals surface area (Å²) >= 11 is 0. The molecule has 1 N–H and O–H groups in total. The first-order chi connectivity index (χ1) is 8.83. The van der Waals surface area contributed by atoms with Crippen molar-refractivity contribution in [1.82, 2.24) is 15.1 Å². The van der Waals surface area contributed by atoms with Gasteiger partial charge in [-0.3, -0.25) is 0 Å². The summed E-state index contributed by atoms with van der Waals surface area (Å²) in [6.45, 7) is 2.45. The molecule has 0 aliphatic carbocycles. The Labute approximate surface area is 104 Å². The molecule has 18 heavy (non-hydrogen) atoms. The summed E-state index contributed by atoms with van der Waals surface area (Å²) in [6, 6.07) is 9.78. The van der Waals surface area contributed by atoms with Gasteiger partial charge < -0.3 is 9.84 Å². The molecule has 5 heteroatoms. The molecule has 0 saturated heterocycles. The van der Waals surface area contributed by atoms with Gasteiger partial charge in [-0.1, -0.05) is 17.3 Å². The van der Waals surface area contributed by atoms with Crippen LogP contribution in [0.3, 0.4) is 0 Å². The summed E-state index contributed by atoms with van der Waals surface area (Å²) in [5, 5.41) is 8.17. The predicted molar refractivity (Wildman–Crippen MR) is 68.1 cm³/mol. The molecule has 2 heterocycles. The van der Waals surface area contributed by atoms with Gasteiger partial charge in [-0.15, -0.1) is 0 Å². The summed E-state index contributed by atoms with van der Waals surface area (Å²) in [7, 11) is 0. The summed E-state index contributed by atoms with van der Waals surface area (Å²) in [5.74, 6) is 1.61. The van der Waals surface area contributed by atoms with Gasteiger partial charge in [0.05, 0.1) is 12.1 Å². The van der Waals surface area contributed by atoms with Crippen LogP contribution in [-0.2, 0) is 6.54 Å². The van der Waals surface area contributed by atoms with Crippen molar-refractivity contribution in [3.05, 3.63) is 48.1 Å². The van der Waals surface area contributed by atoms with Crippen LogP contribution in [0.1, 0.15) is 11.5 Å². The van der Waals surface area contributed by atoms with E-state index >= 15 is 0 Å². The van der Waals surface area contributed by atoms with Crippen molar-refractivity contribution < 1.29 is 4.52 Å². The zero-order valence-corrected chi connectivity index (χ0v) is 9.92. The second-order valence-electron chi connectivity index (χ2n) is 4.02. The smallest absolute Gasteiger partial charge is 0.137 e. The minimum Gasteiger partial charge on any atom is -0.364 e. The van der Waals surface area contributed by atoms with Crippen molar-refractivity contribution in [2.45, 2.75) is 13.5 Å². The highest BCUT2D eigenvalue weighted by Crippen LogP contribution is 2.18. The third-order valence-electron chi connectivity index (χ3n) is 2.66. The molecule has 0 fully saturated rings. The molecule has 0 aliphatic rings. The second kappa shape index (κ2) is 4.44. The van der Waals surface area contributed by atoms with E-state index in [2.05, 4.69) is 20.4 Å². The number of nitrogens with zero attached hydrogens (tertiary/aromatic N) is 3. The molecule has 0 amide bonds. The van der Waals surface area contributed by atoms with Gasteiger partial charge >= 0.3 is 0 Å². The molecular weight excluding hydrogens is 228 g/mol. The SMILES string of the molecule is Cc1cc(CNc2ncnc3ccccc23)no1. The van der Waals surface area contributed by atoms with Gasteiger partial charge in [0.15, 0.2) is 0 Å². The Balaban J connectivity index is 1.86. The summed E-state index contributed by atoms with van der Waals surface area (Å²) in [6.07, 6.45) is 1.55. The van der Waals surface area contributed by atoms with Crippen LogP contribution in [-0.4, -0.2) is 15.1 Å². The normalized spacial score (nSPS) is 10.7. The Kier molecular flexibility index (Phi) is 2.64. The lowest BCUT2D eigenvalue weighted by molar-refractivity contribution is 0.391. The quantitative estimate of drug-likeness (QED) is 0.762. The lowest BCUT2D eigenvalue weighted by Crippen LogP contribution is -2.02. The molecule has 0 aliphatic heterocycles. The van der Waals surface area contributed by atoms with Crippen LogP contribution < -0.4 is 5.32 Å². The number of rotatable bonds is 3. The molecule has 0 unspecified atom stereocenters. The van der Waals surface area contributed by atoms with Crippen LogP contribution in [0.4, 0.5) is 5.82 Å². The maximum atomic E-state index is 5.02. The van der Waals surface area contributed by atoms with Crippen LogP contribution in [0.25, 0.3) is 10.9 Å². The number of anilines is 1. The molecule has 90 valence electrons. The topological polar surface area (TPSA) is 63.8 Å². The van der Waals surface area contributed by atoms with Gasteiger partial charge in [0, 0.05) is 11.5 Å². The number of benzene rings is 1. The summed E-state index contributed by atoms with van der Waals surface area (Å²) in [5.41, 5.74) is 1.78. The Morgan fingerprint density at radius 2 is 2.11 bits per heavy atom. The highest BCUT2D eigenvalue weighted by molar-refractivity contribution is 5.88. The molecule has 2 aromatic heterocycles. The average Bonchev–Trinajstić information content (AvgIpc) is 2.82. The first-order valence-electron chi connectivity index (χ1n) is 5.69. The first-order valence-corrected chi connectivity index (χ1v) is 5.69. The van der Waals surface area contributed by atoms with Crippen molar-refractivity contribution in [1.29, 1.82) is 0 Å². The highest BCUT2D eigenvalue weighted by Gasteiger charge is 2.04. The van der Waals surface area contributed by atoms with Crippen LogP contribution in [0, 0.1) is 6.92 Å². The fourth-order valence-corrected chi connectivity index (χ4v) is 1.82. The number of aryl methyl sites for hydroxylation is 1. The van der Waals surface area contributed by atoms with E-state index in [4.69, 9.17) is 4.52 Å². The predicted octanol–water partition coefficient (Wildman–Crippen LogP) is 2.54. The molecule has 5 nitrogen and oxygen atoms in total. The lowest BCUT2D eigenvalue weighted by Gasteiger charge is -2.05. The minimum absolute atomic E-state index is 0.582. The van der Waals surface area contributed by atoms with Gasteiger partial charge in [-0.25, -0.2) is 9.97 Å². The van der Waals surface area contributed by atoms with E-state index in [0.717, 1.165) is 28.2 Å². The molecule has 3 rings (SSSR count). The minimum atomic E-state index is 0.582. The molecule has 0 saturated carbocycles. The number of para-hydroxylation sites is 1. The molecule has 0 radical (unpaired) electrons. The van der Waals surface area contributed by atoms with Crippen molar-refractivity contribution in [3.8, 4) is 0 Å². The van der Waals surface area contributed by atoms with Gasteiger partial charge in [0.2, 0.25) is 0 Å². The van der Waals surface area contributed by atoms with Crippen LogP contribution >= 0.6 is 0 Å². The standard InChI is InChI=1S/C13H12N4O/c1-9-6-10(17-18-9)7-14-13-11-4-2-3-5-12(11)15-8-16-13/h2-6,8H,7H2,1H3,(H,14,15,16). The molecular formula is C13H12N4O. The molecule has 0 bridgehead atoms. The monoisotopic (exact) mass is 240 g/mol. The maximum absolute atomic E-state index is 5.02. The zero-order valence-electron chi connectivity index (χ0n) is 9.92. The van der Waals surface area contributed by atoms with Gasteiger partial charge in [-0.05, 0) is 19.1 Å². The Bertz CT molecular complexity index is 672. The number of nitrogens with one attached hydrogen (secondary N) is 1. The van der Waals surface area contributed by atoms with Crippen LogP contribution in [0.5, 0.6) is 0 Å². The maximum Gasteiger partial charge on any atom is 0.137 e. The lowest BCUT2D eigenvalue weighted by atomic mass is 10.2. The number of hydrogen-bond acceptors (Lipinski definition) is 5. The third-order valence-corrected chi connectivity index (χ3v) is 2.66. The van der Waals surface area contributed by atoms with Crippen molar-refractivity contribution in [2.75, 3.05) is 5.32 Å². The zero-order chi connectivity index (χ0) is 12.4. The van der Waals surface area contributed by atoms with Crippen LogP contribution in [0.2, 0.25) is 0 Å². The van der Waals surface area contributed by atoms with Crippen molar-refractivity contribution in [2.24, 2.45) is 0 Å². The summed E-state index contributed by atoms with van der Waals surface area (Å²) in [4.78, 5) is 8.46. The van der Waals surface area contributed by atoms with Gasteiger partial charge in [0.25, 0.3) is 0 Å². The largest absolute Gasteiger partial charge is 0.364 e. The second-order valence-corrected chi connectivity index (χ2v) is 4.02. The van der Waals surface area contributed by atoms with Gasteiger partial charge in [-0.2, -0.15) is 0 Å². The van der Waals surface area contributed by atoms with E-state index in [-0.39, 0.29) is 0 Å². The molecule has 1 aromatic carbocycles. The molecule has 3 aromatic rings. The van der Waals surface area contributed by atoms with E-state index in [1.165, 1.54) is 0 Å². The molecule has 0 atom stereocenters. The van der Waals surface area contributed by atoms with E-state index < -0.39 is 0 Å². The third kappa shape index (κ3) is 2.02. The van der Waals surface area contributed by atoms with Crippen molar-refractivity contribution >= 4 is 16.7 Å². The fourth-order valence-electron chi connectivity index (χ4n) is 1.82. The van der Waals surface area contributed by atoms with Crippen molar-refractivity contribution in [3.63, 3.8) is 0 Å². The number of fused-ring (bicyclic) bond motifs is 1. The Morgan fingerprint density at radius 3 is 2.94 bits per heavy atom. The summed E-state index contributed by atoms with van der Waals surface area (Å²) < 4.78 is 5.02. The average molecular weight is 240 g/mol. The Hall–Kier alpha value is -2.43. The van der Waals surface area contributed by atoms with E-state index in [0.29, 0.717) is 6.54 Å².